The Balaban J connectivity index is 1.63. The molecule has 1 amide bonds. The Hall–Kier alpha value is -2.27. The van der Waals surface area contributed by atoms with Crippen molar-refractivity contribution in [1.82, 2.24) is 19.8 Å². The number of carbonyl (C=O) groups is 1. The van der Waals surface area contributed by atoms with Crippen molar-refractivity contribution in [3.8, 4) is 6.07 Å². The van der Waals surface area contributed by atoms with Gasteiger partial charge in [0.05, 0.1) is 6.07 Å². The van der Waals surface area contributed by atoms with Gasteiger partial charge in [0.1, 0.15) is 11.7 Å². The zero-order valence-electron chi connectivity index (χ0n) is 15.4. The summed E-state index contributed by atoms with van der Waals surface area (Å²) in [5.41, 5.74) is -0.403. The molecule has 0 aliphatic carbocycles. The lowest BCUT2D eigenvalue weighted by Gasteiger charge is -2.36. The predicted octanol–water partition coefficient (Wildman–Crippen LogP) is 1.53. The Morgan fingerprint density at radius 1 is 1.19 bits per heavy atom. The number of alkyl halides is 1. The molecular weight excluding hydrogens is 335 g/mol. The van der Waals surface area contributed by atoms with Crippen molar-refractivity contribution in [1.29, 1.82) is 5.26 Å². The van der Waals surface area contributed by atoms with Gasteiger partial charge < -0.3 is 9.80 Å². The summed E-state index contributed by atoms with van der Waals surface area (Å²) in [5.74, 6) is 0.701. The van der Waals surface area contributed by atoms with Crippen molar-refractivity contribution < 1.29 is 9.18 Å². The number of aromatic nitrogens is 2. The number of hydrogen-bond donors (Lipinski definition) is 0. The maximum absolute atomic E-state index is 14.0. The van der Waals surface area contributed by atoms with Gasteiger partial charge in [-0.05, 0) is 19.8 Å². The summed E-state index contributed by atoms with van der Waals surface area (Å²) in [5, 5.41) is 9.57. The average molecular weight is 360 g/mol. The molecule has 2 saturated heterocycles. The van der Waals surface area contributed by atoms with Crippen LogP contribution in [0.1, 0.15) is 38.3 Å². The van der Waals surface area contributed by atoms with Crippen LogP contribution in [0.4, 0.5) is 10.3 Å². The third-order valence-electron chi connectivity index (χ3n) is 5.31. The topological polar surface area (TPSA) is 76.4 Å². The highest BCUT2D eigenvalue weighted by atomic mass is 19.1. The molecule has 8 heteroatoms. The van der Waals surface area contributed by atoms with Crippen LogP contribution < -0.4 is 4.90 Å². The number of carbonyl (C=O) groups excluding carboxylic acids is 1. The summed E-state index contributed by atoms with van der Waals surface area (Å²) in [7, 11) is 0. The average Bonchev–Trinajstić information content (AvgIpc) is 2.64. The number of piperazine rings is 1. The Morgan fingerprint density at radius 3 is 2.27 bits per heavy atom. The van der Waals surface area contributed by atoms with E-state index in [0.717, 1.165) is 5.56 Å². The highest BCUT2D eigenvalue weighted by molar-refractivity contribution is 5.73. The number of rotatable bonds is 3. The van der Waals surface area contributed by atoms with E-state index in [1.54, 1.807) is 26.2 Å². The molecule has 2 aliphatic rings. The number of anilines is 1. The molecule has 140 valence electrons. The minimum Gasteiger partial charge on any atom is -0.339 e. The Morgan fingerprint density at radius 2 is 1.77 bits per heavy atom. The zero-order valence-corrected chi connectivity index (χ0v) is 15.4. The first-order valence-electron chi connectivity index (χ1n) is 9.04. The van der Waals surface area contributed by atoms with Crippen LogP contribution in [0.5, 0.6) is 0 Å². The largest absolute Gasteiger partial charge is 0.339 e. The molecule has 0 bridgehead atoms. The number of likely N-dealkylation sites (tertiary alicyclic amines) is 1. The van der Waals surface area contributed by atoms with Gasteiger partial charge in [-0.2, -0.15) is 5.26 Å². The molecule has 26 heavy (non-hydrogen) atoms. The van der Waals surface area contributed by atoms with Crippen molar-refractivity contribution >= 4 is 11.9 Å². The third-order valence-corrected chi connectivity index (χ3v) is 5.31. The van der Waals surface area contributed by atoms with Crippen molar-refractivity contribution in [2.45, 2.75) is 38.4 Å². The molecule has 1 atom stereocenters. The first-order chi connectivity index (χ1) is 12.4. The fourth-order valence-electron chi connectivity index (χ4n) is 3.47. The fourth-order valence-corrected chi connectivity index (χ4v) is 3.47. The highest BCUT2D eigenvalue weighted by Crippen LogP contribution is 2.30. The van der Waals surface area contributed by atoms with Crippen molar-refractivity contribution in [2.75, 3.05) is 44.2 Å². The van der Waals surface area contributed by atoms with Gasteiger partial charge in [0.25, 0.3) is 0 Å². The van der Waals surface area contributed by atoms with E-state index in [1.165, 1.54) is 0 Å². The Labute approximate surface area is 153 Å². The van der Waals surface area contributed by atoms with Gasteiger partial charge in [0.2, 0.25) is 11.9 Å². The third kappa shape index (κ3) is 4.10. The molecule has 3 heterocycles. The fraction of sp³-hybridized carbons (Fsp3) is 0.667. The van der Waals surface area contributed by atoms with Crippen LogP contribution in [0, 0.1) is 11.3 Å². The summed E-state index contributed by atoms with van der Waals surface area (Å²) in [4.78, 5) is 26.1. The maximum Gasteiger partial charge on any atom is 0.225 e. The quantitative estimate of drug-likeness (QED) is 0.814. The summed E-state index contributed by atoms with van der Waals surface area (Å²) >= 11 is 0. The minimum atomic E-state index is -1.14. The molecule has 3 rings (SSSR count). The summed E-state index contributed by atoms with van der Waals surface area (Å²) in [6.45, 7) is 7.03. The van der Waals surface area contributed by atoms with Crippen molar-refractivity contribution in [2.24, 2.45) is 0 Å². The van der Waals surface area contributed by atoms with Crippen molar-refractivity contribution in [3.05, 3.63) is 18.0 Å². The van der Waals surface area contributed by atoms with Crippen LogP contribution in [0.3, 0.4) is 0 Å². The number of nitriles is 1. The molecule has 1 aromatic rings. The molecule has 0 aromatic carbocycles. The van der Waals surface area contributed by atoms with Gasteiger partial charge in [-0.25, -0.2) is 14.4 Å². The molecule has 0 spiro atoms. The van der Waals surface area contributed by atoms with E-state index in [4.69, 9.17) is 0 Å². The molecule has 0 radical (unpaired) electrons. The first-order valence-corrected chi connectivity index (χ1v) is 9.04. The van der Waals surface area contributed by atoms with E-state index in [0.29, 0.717) is 58.1 Å². The minimum absolute atomic E-state index is 0.0867. The molecule has 1 aromatic heterocycles. The highest BCUT2D eigenvalue weighted by Gasteiger charge is 2.33. The monoisotopic (exact) mass is 360 g/mol. The number of halogens is 1. The lowest BCUT2D eigenvalue weighted by molar-refractivity contribution is -0.129. The van der Waals surface area contributed by atoms with Crippen LogP contribution in [0.2, 0.25) is 0 Å². The van der Waals surface area contributed by atoms with Crippen LogP contribution in [-0.2, 0) is 4.79 Å². The van der Waals surface area contributed by atoms with Gasteiger partial charge in [-0.3, -0.25) is 9.69 Å². The van der Waals surface area contributed by atoms with E-state index in [2.05, 4.69) is 16.0 Å². The van der Waals surface area contributed by atoms with Gasteiger partial charge >= 0.3 is 0 Å². The molecule has 7 nitrogen and oxygen atoms in total. The van der Waals surface area contributed by atoms with Gasteiger partial charge in [0, 0.05) is 64.1 Å². The van der Waals surface area contributed by atoms with Crippen molar-refractivity contribution in [3.63, 3.8) is 0 Å². The van der Waals surface area contributed by atoms with E-state index in [-0.39, 0.29) is 5.91 Å². The van der Waals surface area contributed by atoms with E-state index in [1.807, 2.05) is 14.7 Å². The van der Waals surface area contributed by atoms with E-state index in [9.17, 15) is 14.4 Å². The number of piperidine rings is 1. The van der Waals surface area contributed by atoms with E-state index >= 15 is 0 Å². The molecule has 2 fully saturated rings. The van der Waals surface area contributed by atoms with Gasteiger partial charge in [-0.15, -0.1) is 0 Å². The Kier molecular flexibility index (Phi) is 5.37. The van der Waals surface area contributed by atoms with Gasteiger partial charge in [0.15, 0.2) is 0 Å². The molecule has 0 saturated carbocycles. The first kappa shape index (κ1) is 18.5. The summed E-state index contributed by atoms with van der Waals surface area (Å²) in [6.07, 6.45) is 4.25. The summed E-state index contributed by atoms with van der Waals surface area (Å²) in [6, 6.07) is 1.85. The molecule has 0 N–H and O–H groups in total. The summed E-state index contributed by atoms with van der Waals surface area (Å²) < 4.78 is 14.0. The standard InChI is InChI=1S/C18H25FN6O/c1-14(26)23-7-9-25(10-8-23)17-21-12-15(13-22-17)16(11-20)24-5-3-18(2,19)4-6-24/h12-13,16H,3-10H2,1-2H3. The Bertz CT molecular complexity index is 668. The molecule has 2 aliphatic heterocycles. The second-order valence-corrected chi connectivity index (χ2v) is 7.29. The smallest absolute Gasteiger partial charge is 0.225 e. The van der Waals surface area contributed by atoms with Crippen LogP contribution in [-0.4, -0.2) is 70.6 Å². The normalized spacial score (nSPS) is 21.9. The zero-order chi connectivity index (χ0) is 18.7. The van der Waals surface area contributed by atoms with E-state index < -0.39 is 11.7 Å². The lowest BCUT2D eigenvalue weighted by Crippen LogP contribution is -2.48. The number of amides is 1. The van der Waals surface area contributed by atoms with Crippen LogP contribution >= 0.6 is 0 Å². The SMILES string of the molecule is CC(=O)N1CCN(c2ncc(C(C#N)N3CCC(C)(F)CC3)cn2)CC1. The van der Waals surface area contributed by atoms with Gasteiger partial charge in [-0.1, -0.05) is 0 Å². The predicted molar refractivity (Wildman–Crippen MR) is 95.2 cm³/mol. The maximum atomic E-state index is 14.0. The second kappa shape index (κ2) is 7.54. The molecule has 1 unspecified atom stereocenters. The number of hydrogen-bond acceptors (Lipinski definition) is 6. The number of nitrogens with zero attached hydrogens (tertiary/aromatic N) is 6. The second-order valence-electron chi connectivity index (χ2n) is 7.29. The van der Waals surface area contributed by atoms with Crippen LogP contribution in [0.15, 0.2) is 12.4 Å². The molecular formula is C18H25FN6O. The van der Waals surface area contributed by atoms with Crippen LogP contribution in [0.25, 0.3) is 0 Å². The lowest BCUT2D eigenvalue weighted by atomic mass is 9.94.